The number of nitrogens with one attached hydrogen (secondary N) is 2. The maximum atomic E-state index is 13.7. The van der Waals surface area contributed by atoms with E-state index in [0.29, 0.717) is 17.1 Å². The molecule has 27 heavy (non-hydrogen) atoms. The summed E-state index contributed by atoms with van der Waals surface area (Å²) < 4.78 is 15.3. The predicted molar refractivity (Wildman–Crippen MR) is 107 cm³/mol. The minimum Gasteiger partial charge on any atom is -0.305 e. The number of aryl methyl sites for hydroxylation is 2. The fourth-order valence-electron chi connectivity index (χ4n) is 2.61. The topological polar surface area (TPSA) is 71.8 Å². The van der Waals surface area contributed by atoms with Crippen molar-refractivity contribution in [2.75, 3.05) is 12.4 Å². The molecule has 0 saturated heterocycles. The van der Waals surface area contributed by atoms with Crippen LogP contribution in [0.25, 0.3) is 0 Å². The van der Waals surface area contributed by atoms with Gasteiger partial charge in [-0.25, -0.2) is 9.37 Å². The van der Waals surface area contributed by atoms with Crippen LogP contribution in [-0.2, 0) is 18.3 Å². The molecule has 0 spiro atoms. The Labute approximate surface area is 167 Å². The summed E-state index contributed by atoms with van der Waals surface area (Å²) >= 11 is 1.38. The van der Waals surface area contributed by atoms with Crippen molar-refractivity contribution in [1.29, 1.82) is 0 Å². The highest BCUT2D eigenvalue weighted by Gasteiger charge is 2.21. The first-order chi connectivity index (χ1) is 12.5. The number of anilines is 1. The summed E-state index contributed by atoms with van der Waals surface area (Å²) in [7, 11) is 3.52. The van der Waals surface area contributed by atoms with Crippen molar-refractivity contribution >= 4 is 34.8 Å². The van der Waals surface area contributed by atoms with E-state index >= 15 is 0 Å². The monoisotopic (exact) mass is 409 g/mol. The van der Waals surface area contributed by atoms with Crippen LogP contribution < -0.4 is 10.6 Å². The summed E-state index contributed by atoms with van der Waals surface area (Å²) in [6.45, 7) is 1.74. The highest BCUT2D eigenvalue weighted by Crippen LogP contribution is 2.23. The van der Waals surface area contributed by atoms with Crippen LogP contribution in [0.2, 0.25) is 0 Å². The van der Waals surface area contributed by atoms with E-state index in [-0.39, 0.29) is 24.1 Å². The molecule has 0 aliphatic carbocycles. The van der Waals surface area contributed by atoms with E-state index < -0.39 is 6.04 Å². The molecule has 3 aromatic rings. The van der Waals surface area contributed by atoms with Gasteiger partial charge in [-0.15, -0.1) is 23.7 Å². The number of rotatable bonds is 6. The van der Waals surface area contributed by atoms with Crippen LogP contribution in [0.1, 0.15) is 27.6 Å². The van der Waals surface area contributed by atoms with Crippen molar-refractivity contribution in [3.63, 3.8) is 0 Å². The molecule has 0 fully saturated rings. The SMILES string of the molecule is CNC(C(=O)Nc1ncc(Cc2ccc(C)c(F)c2)s1)c1cnn(C)c1.Cl. The molecule has 144 valence electrons. The summed E-state index contributed by atoms with van der Waals surface area (Å²) in [5, 5.41) is 10.4. The Bertz CT molecular complexity index is 926. The maximum absolute atomic E-state index is 13.7. The second-order valence-electron chi connectivity index (χ2n) is 6.05. The lowest BCUT2D eigenvalue weighted by Crippen LogP contribution is -2.30. The lowest BCUT2D eigenvalue weighted by Gasteiger charge is -2.12. The molecule has 1 aromatic carbocycles. The van der Waals surface area contributed by atoms with Crippen LogP contribution in [0, 0.1) is 12.7 Å². The summed E-state index contributed by atoms with van der Waals surface area (Å²) in [5.41, 5.74) is 2.28. The van der Waals surface area contributed by atoms with E-state index in [9.17, 15) is 9.18 Å². The Morgan fingerprint density at radius 3 is 2.78 bits per heavy atom. The first-order valence-electron chi connectivity index (χ1n) is 8.12. The van der Waals surface area contributed by atoms with E-state index in [1.807, 2.05) is 6.07 Å². The zero-order valence-electron chi connectivity index (χ0n) is 15.2. The summed E-state index contributed by atoms with van der Waals surface area (Å²) in [4.78, 5) is 17.7. The average Bonchev–Trinajstić information content (AvgIpc) is 3.21. The van der Waals surface area contributed by atoms with E-state index in [2.05, 4.69) is 20.7 Å². The lowest BCUT2D eigenvalue weighted by atomic mass is 10.1. The van der Waals surface area contributed by atoms with Gasteiger partial charge in [0.1, 0.15) is 11.9 Å². The van der Waals surface area contributed by atoms with Crippen LogP contribution in [0.4, 0.5) is 9.52 Å². The van der Waals surface area contributed by atoms with Crippen LogP contribution in [0.3, 0.4) is 0 Å². The molecule has 1 unspecified atom stereocenters. The third kappa shape index (κ3) is 5.12. The lowest BCUT2D eigenvalue weighted by molar-refractivity contribution is -0.118. The van der Waals surface area contributed by atoms with Crippen molar-refractivity contribution in [2.45, 2.75) is 19.4 Å². The van der Waals surface area contributed by atoms with E-state index in [0.717, 1.165) is 16.0 Å². The summed E-state index contributed by atoms with van der Waals surface area (Å²) in [5.74, 6) is -0.420. The Hall–Kier alpha value is -2.29. The molecule has 6 nitrogen and oxygen atoms in total. The van der Waals surface area contributed by atoms with Gasteiger partial charge in [-0.05, 0) is 31.2 Å². The predicted octanol–water partition coefficient (Wildman–Crippen LogP) is 3.24. The number of amides is 1. The van der Waals surface area contributed by atoms with Gasteiger partial charge >= 0.3 is 0 Å². The first-order valence-corrected chi connectivity index (χ1v) is 8.94. The Morgan fingerprint density at radius 2 is 2.15 bits per heavy atom. The Morgan fingerprint density at radius 1 is 1.37 bits per heavy atom. The van der Waals surface area contributed by atoms with E-state index in [4.69, 9.17) is 0 Å². The fraction of sp³-hybridized carbons (Fsp3) is 0.278. The molecule has 0 aliphatic rings. The van der Waals surface area contributed by atoms with Gasteiger partial charge in [0.15, 0.2) is 5.13 Å². The number of hydrogen-bond acceptors (Lipinski definition) is 5. The molecule has 2 N–H and O–H groups in total. The number of likely N-dealkylation sites (N-methyl/N-ethyl adjacent to an activating group) is 1. The fourth-order valence-corrected chi connectivity index (χ4v) is 3.46. The van der Waals surface area contributed by atoms with Crippen molar-refractivity contribution in [3.8, 4) is 0 Å². The third-order valence-corrected chi connectivity index (χ3v) is 4.92. The third-order valence-electron chi connectivity index (χ3n) is 4.01. The van der Waals surface area contributed by atoms with Gasteiger partial charge in [0.2, 0.25) is 5.91 Å². The van der Waals surface area contributed by atoms with Crippen molar-refractivity contribution in [2.24, 2.45) is 7.05 Å². The molecule has 1 amide bonds. The summed E-state index contributed by atoms with van der Waals surface area (Å²) in [6, 6.07) is 4.68. The number of carbonyl (C=O) groups excluding carboxylic acids is 1. The molecule has 1 atom stereocenters. The average molecular weight is 410 g/mol. The molecule has 0 saturated carbocycles. The van der Waals surface area contributed by atoms with E-state index in [1.165, 1.54) is 17.4 Å². The molecule has 0 bridgehead atoms. The molecule has 9 heteroatoms. The Balaban J connectivity index is 0.00000261. The zero-order valence-corrected chi connectivity index (χ0v) is 16.8. The largest absolute Gasteiger partial charge is 0.305 e. The number of carbonyl (C=O) groups is 1. The second-order valence-corrected chi connectivity index (χ2v) is 7.17. The highest BCUT2D eigenvalue weighted by molar-refractivity contribution is 7.15. The van der Waals surface area contributed by atoms with Gasteiger partial charge < -0.3 is 10.6 Å². The van der Waals surface area contributed by atoms with Crippen molar-refractivity contribution in [3.05, 3.63) is 64.2 Å². The molecule has 2 aromatic heterocycles. The number of thiazole rings is 1. The van der Waals surface area contributed by atoms with Crippen LogP contribution in [0.5, 0.6) is 0 Å². The zero-order chi connectivity index (χ0) is 18.7. The van der Waals surface area contributed by atoms with Gasteiger partial charge in [-0.3, -0.25) is 9.48 Å². The normalized spacial score (nSPS) is 11.7. The van der Waals surface area contributed by atoms with Crippen LogP contribution >= 0.6 is 23.7 Å². The van der Waals surface area contributed by atoms with Gasteiger partial charge in [0, 0.05) is 36.3 Å². The van der Waals surface area contributed by atoms with Crippen LogP contribution in [0.15, 0.2) is 36.8 Å². The molecule has 3 rings (SSSR count). The van der Waals surface area contributed by atoms with Crippen molar-refractivity contribution < 1.29 is 9.18 Å². The van der Waals surface area contributed by atoms with Gasteiger partial charge in [0.25, 0.3) is 0 Å². The smallest absolute Gasteiger partial charge is 0.247 e. The van der Waals surface area contributed by atoms with E-state index in [1.54, 1.807) is 50.4 Å². The summed E-state index contributed by atoms with van der Waals surface area (Å²) in [6.07, 6.45) is 5.72. The van der Waals surface area contributed by atoms with Gasteiger partial charge in [-0.2, -0.15) is 5.10 Å². The standard InChI is InChI=1S/C18H20FN5OS.ClH/c1-11-4-5-12(7-15(11)19)6-14-9-21-18(26-14)23-17(25)16(20-2)13-8-22-24(3)10-13;/h4-5,7-10,16,20H,6H2,1-3H3,(H,21,23,25);1H. The number of hydrogen-bond donors (Lipinski definition) is 2. The Kier molecular flexibility index (Phi) is 7.06. The second kappa shape index (κ2) is 9.07. The molecule has 0 aliphatic heterocycles. The number of aromatic nitrogens is 3. The minimum absolute atomic E-state index is 0. The maximum Gasteiger partial charge on any atom is 0.247 e. The molecular weight excluding hydrogens is 389 g/mol. The van der Waals surface area contributed by atoms with Gasteiger partial charge in [-0.1, -0.05) is 12.1 Å². The van der Waals surface area contributed by atoms with Crippen LogP contribution in [-0.4, -0.2) is 27.7 Å². The number of benzene rings is 1. The highest BCUT2D eigenvalue weighted by atomic mass is 35.5. The quantitative estimate of drug-likeness (QED) is 0.655. The first kappa shape index (κ1) is 21.0. The van der Waals surface area contributed by atoms with Gasteiger partial charge in [0.05, 0.1) is 6.20 Å². The minimum atomic E-state index is -0.512. The molecular formula is C18H21ClFN5OS. The molecule has 2 heterocycles. The molecule has 0 radical (unpaired) electrons. The number of halogens is 2. The van der Waals surface area contributed by atoms with Crippen molar-refractivity contribution in [1.82, 2.24) is 20.1 Å². The number of nitrogens with zero attached hydrogens (tertiary/aromatic N) is 3.